The average molecular weight is 377 g/mol. The fourth-order valence-corrected chi connectivity index (χ4v) is 2.99. The number of benzene rings is 1. The molecule has 3 heterocycles. The highest BCUT2D eigenvalue weighted by molar-refractivity contribution is 5.81. The molecule has 0 fully saturated rings. The zero-order valence-electron chi connectivity index (χ0n) is 14.8. The molecule has 0 aliphatic heterocycles. The van der Waals surface area contributed by atoms with Crippen molar-refractivity contribution in [1.82, 2.24) is 29.5 Å². The van der Waals surface area contributed by atoms with Gasteiger partial charge in [-0.3, -0.25) is 4.98 Å². The van der Waals surface area contributed by atoms with Gasteiger partial charge in [0.25, 0.3) is 0 Å². The Morgan fingerprint density at radius 2 is 1.82 bits per heavy atom. The fraction of sp³-hybridized carbons (Fsp3) is 0.105. The number of hydrogen-bond acceptors (Lipinski definition) is 6. The number of aliphatic carboxylic acids is 1. The molecule has 28 heavy (non-hydrogen) atoms. The molecule has 140 valence electrons. The van der Waals surface area contributed by atoms with E-state index in [1.165, 1.54) is 23.0 Å². The third kappa shape index (κ3) is 3.25. The largest absolute Gasteiger partial charge is 0.548 e. The van der Waals surface area contributed by atoms with Crippen LogP contribution in [0.25, 0.3) is 34.0 Å². The Balaban J connectivity index is 1.88. The summed E-state index contributed by atoms with van der Waals surface area (Å²) in [6, 6.07) is 9.74. The minimum Gasteiger partial charge on any atom is -0.548 e. The number of carboxylic acid groups (broad SMARTS) is 1. The van der Waals surface area contributed by atoms with E-state index in [4.69, 9.17) is 0 Å². The van der Waals surface area contributed by atoms with E-state index in [0.717, 1.165) is 16.8 Å². The Morgan fingerprint density at radius 3 is 2.50 bits per heavy atom. The summed E-state index contributed by atoms with van der Waals surface area (Å²) < 4.78 is 16.4. The van der Waals surface area contributed by atoms with Crippen molar-refractivity contribution < 1.29 is 14.3 Å². The monoisotopic (exact) mass is 377 g/mol. The van der Waals surface area contributed by atoms with Crippen LogP contribution in [0.3, 0.4) is 0 Å². The van der Waals surface area contributed by atoms with Gasteiger partial charge in [0, 0.05) is 30.6 Å². The average Bonchev–Trinajstić information content (AvgIpc) is 3.27. The van der Waals surface area contributed by atoms with Gasteiger partial charge < -0.3 is 14.5 Å². The number of hydrogen-bond donors (Lipinski definition) is 0. The van der Waals surface area contributed by atoms with E-state index in [1.807, 2.05) is 23.7 Å². The number of carbonyl (C=O) groups is 1. The maximum atomic E-state index is 13.4. The Hall–Kier alpha value is -3.88. The predicted octanol–water partition coefficient (Wildman–Crippen LogP) is 1.30. The standard InChI is InChI=1S/C19H15FN6O2/c1-25-18(13-6-8-21-9-7-13)17(12-2-4-14(20)5-3-12)22-19(25)15-10-26(24-23-15)11-16(27)28/h2-10H,11H2,1H3,(H,27,28)/p-1. The molecule has 0 spiro atoms. The van der Waals surface area contributed by atoms with E-state index >= 15 is 0 Å². The first-order chi connectivity index (χ1) is 13.5. The molecule has 3 aromatic heterocycles. The van der Waals surface area contributed by atoms with Crippen molar-refractivity contribution in [2.24, 2.45) is 7.05 Å². The molecule has 0 bridgehead atoms. The number of pyridine rings is 1. The summed E-state index contributed by atoms with van der Waals surface area (Å²) in [5.74, 6) is -1.10. The maximum Gasteiger partial charge on any atom is 0.163 e. The number of halogens is 1. The van der Waals surface area contributed by atoms with Crippen LogP contribution >= 0.6 is 0 Å². The second kappa shape index (κ2) is 7.03. The van der Waals surface area contributed by atoms with Gasteiger partial charge in [-0.1, -0.05) is 5.21 Å². The van der Waals surface area contributed by atoms with Crippen LogP contribution in [0, 0.1) is 5.82 Å². The molecule has 0 unspecified atom stereocenters. The van der Waals surface area contributed by atoms with Gasteiger partial charge in [0.2, 0.25) is 0 Å². The number of rotatable bonds is 5. The molecule has 0 aliphatic rings. The van der Waals surface area contributed by atoms with E-state index in [2.05, 4.69) is 20.3 Å². The van der Waals surface area contributed by atoms with Crippen LogP contribution in [0.4, 0.5) is 4.39 Å². The van der Waals surface area contributed by atoms with Crippen molar-refractivity contribution in [3.05, 3.63) is 60.8 Å². The molecule has 9 heteroatoms. The van der Waals surface area contributed by atoms with E-state index in [9.17, 15) is 14.3 Å². The number of nitrogens with zero attached hydrogens (tertiary/aromatic N) is 6. The van der Waals surface area contributed by atoms with Gasteiger partial charge in [-0.25, -0.2) is 14.1 Å². The predicted molar refractivity (Wildman–Crippen MR) is 95.9 cm³/mol. The van der Waals surface area contributed by atoms with Gasteiger partial charge in [-0.2, -0.15) is 0 Å². The van der Waals surface area contributed by atoms with Gasteiger partial charge in [0.1, 0.15) is 11.5 Å². The van der Waals surface area contributed by atoms with Crippen molar-refractivity contribution >= 4 is 5.97 Å². The third-order valence-electron chi connectivity index (χ3n) is 4.23. The molecule has 0 aliphatic carbocycles. The van der Waals surface area contributed by atoms with Gasteiger partial charge >= 0.3 is 0 Å². The summed E-state index contributed by atoms with van der Waals surface area (Å²) in [4.78, 5) is 19.5. The lowest BCUT2D eigenvalue weighted by Crippen LogP contribution is -2.27. The van der Waals surface area contributed by atoms with Crippen molar-refractivity contribution in [2.45, 2.75) is 6.54 Å². The smallest absolute Gasteiger partial charge is 0.163 e. The summed E-state index contributed by atoms with van der Waals surface area (Å²) in [6.45, 7) is -0.403. The molecule has 0 atom stereocenters. The molecule has 0 N–H and O–H groups in total. The molecule has 0 saturated heterocycles. The summed E-state index contributed by atoms with van der Waals surface area (Å²) in [6.07, 6.45) is 4.84. The first-order valence-electron chi connectivity index (χ1n) is 8.36. The van der Waals surface area contributed by atoms with Crippen molar-refractivity contribution in [3.8, 4) is 34.0 Å². The first kappa shape index (κ1) is 17.5. The van der Waals surface area contributed by atoms with Crippen LogP contribution in [0.2, 0.25) is 0 Å². The zero-order chi connectivity index (χ0) is 19.7. The molecule has 1 aromatic carbocycles. The van der Waals surface area contributed by atoms with E-state index in [1.54, 1.807) is 24.5 Å². The minimum atomic E-state index is -1.26. The molecule has 0 amide bonds. The van der Waals surface area contributed by atoms with Crippen molar-refractivity contribution in [1.29, 1.82) is 0 Å². The summed E-state index contributed by atoms with van der Waals surface area (Å²) >= 11 is 0. The molecular weight excluding hydrogens is 363 g/mol. The normalized spacial score (nSPS) is 10.9. The van der Waals surface area contributed by atoms with E-state index in [0.29, 0.717) is 17.2 Å². The maximum absolute atomic E-state index is 13.4. The highest BCUT2D eigenvalue weighted by Gasteiger charge is 2.20. The summed E-state index contributed by atoms with van der Waals surface area (Å²) in [7, 11) is 1.82. The molecule has 0 saturated carbocycles. The Kier molecular flexibility index (Phi) is 4.40. The highest BCUT2D eigenvalue weighted by atomic mass is 19.1. The zero-order valence-corrected chi connectivity index (χ0v) is 14.8. The first-order valence-corrected chi connectivity index (χ1v) is 8.36. The second-order valence-electron chi connectivity index (χ2n) is 6.11. The summed E-state index contributed by atoms with van der Waals surface area (Å²) in [5, 5.41) is 18.6. The Bertz CT molecular complexity index is 1140. The van der Waals surface area contributed by atoms with Crippen molar-refractivity contribution in [2.75, 3.05) is 0 Å². The van der Waals surface area contributed by atoms with Gasteiger partial charge in [0.05, 0.1) is 30.1 Å². The van der Waals surface area contributed by atoms with Gasteiger partial charge in [-0.05, 0) is 36.4 Å². The quantitative estimate of drug-likeness (QED) is 0.519. The van der Waals surface area contributed by atoms with Crippen LogP contribution < -0.4 is 5.11 Å². The van der Waals surface area contributed by atoms with Crippen LogP contribution in [-0.2, 0) is 18.4 Å². The van der Waals surface area contributed by atoms with Crippen molar-refractivity contribution in [3.63, 3.8) is 0 Å². The molecule has 4 aromatic rings. The van der Waals surface area contributed by atoms with E-state index in [-0.39, 0.29) is 5.82 Å². The topological polar surface area (TPSA) is 102 Å². The van der Waals surface area contributed by atoms with Crippen LogP contribution in [0.1, 0.15) is 0 Å². The second-order valence-corrected chi connectivity index (χ2v) is 6.11. The number of imidazole rings is 1. The lowest BCUT2D eigenvalue weighted by atomic mass is 10.1. The van der Waals surface area contributed by atoms with Gasteiger partial charge in [0.15, 0.2) is 5.82 Å². The molecule has 0 radical (unpaired) electrons. The molecule has 4 rings (SSSR count). The lowest BCUT2D eigenvalue weighted by molar-refractivity contribution is -0.306. The van der Waals surface area contributed by atoms with E-state index < -0.39 is 12.5 Å². The molecule has 8 nitrogen and oxygen atoms in total. The minimum absolute atomic E-state index is 0.337. The number of carboxylic acids is 1. The lowest BCUT2D eigenvalue weighted by Gasteiger charge is -2.07. The summed E-state index contributed by atoms with van der Waals surface area (Å²) in [5.41, 5.74) is 3.44. The molecular formula is C19H14FN6O2-. The van der Waals surface area contributed by atoms with Crippen LogP contribution in [0.15, 0.2) is 55.0 Å². The fourth-order valence-electron chi connectivity index (χ4n) is 2.99. The SMILES string of the molecule is Cn1c(-c2cn(CC(=O)[O-])nn2)nc(-c2ccc(F)cc2)c1-c1ccncc1. The van der Waals surface area contributed by atoms with Gasteiger partial charge in [-0.15, -0.1) is 5.10 Å². The van der Waals surface area contributed by atoms with Crippen LogP contribution in [-0.4, -0.2) is 35.5 Å². The number of aromatic nitrogens is 6. The van der Waals surface area contributed by atoms with Crippen LogP contribution in [0.5, 0.6) is 0 Å². The Labute approximate surface area is 158 Å². The number of carbonyl (C=O) groups excluding carboxylic acids is 1. The third-order valence-corrected chi connectivity index (χ3v) is 4.23. The Morgan fingerprint density at radius 1 is 1.11 bits per heavy atom. The highest BCUT2D eigenvalue weighted by Crippen LogP contribution is 2.34.